The molecule has 4 atom stereocenters. The summed E-state index contributed by atoms with van der Waals surface area (Å²) >= 11 is 0. The predicted octanol–water partition coefficient (Wildman–Crippen LogP) is -0.00490. The Morgan fingerprint density at radius 3 is 2.32 bits per heavy atom. The van der Waals surface area contributed by atoms with Gasteiger partial charge in [0.25, 0.3) is 10.1 Å². The van der Waals surface area contributed by atoms with E-state index >= 15 is 0 Å². The highest BCUT2D eigenvalue weighted by Crippen LogP contribution is 2.34. The molecule has 2 rings (SSSR count). The van der Waals surface area contributed by atoms with Gasteiger partial charge in [-0.1, -0.05) is 0 Å². The largest absolute Gasteiger partial charge is 0.387 e. The molecule has 9 heteroatoms. The van der Waals surface area contributed by atoms with Crippen LogP contribution in [0.2, 0.25) is 0 Å². The van der Waals surface area contributed by atoms with E-state index in [0.717, 1.165) is 6.26 Å². The van der Waals surface area contributed by atoms with Gasteiger partial charge < -0.3 is 24.1 Å². The van der Waals surface area contributed by atoms with Crippen LogP contribution < -0.4 is 0 Å². The van der Waals surface area contributed by atoms with Gasteiger partial charge in [-0.15, -0.1) is 0 Å². The number of rotatable bonds is 5. The zero-order valence-electron chi connectivity index (χ0n) is 13.4. The van der Waals surface area contributed by atoms with Gasteiger partial charge in [-0.3, -0.25) is 4.18 Å². The van der Waals surface area contributed by atoms with E-state index in [1.165, 1.54) is 0 Å². The maximum atomic E-state index is 11.1. The van der Waals surface area contributed by atoms with Crippen LogP contribution in [0.25, 0.3) is 0 Å². The summed E-state index contributed by atoms with van der Waals surface area (Å²) in [5.74, 6) is -1.73. The van der Waals surface area contributed by atoms with E-state index in [2.05, 4.69) is 0 Å². The van der Waals surface area contributed by atoms with Gasteiger partial charge in [-0.05, 0) is 27.7 Å². The summed E-state index contributed by atoms with van der Waals surface area (Å²) in [6.07, 6.45) is -2.17. The highest BCUT2D eigenvalue weighted by atomic mass is 32.2. The molecule has 0 saturated carbocycles. The molecular formula is C13H24O8S. The minimum Gasteiger partial charge on any atom is -0.387 e. The summed E-state index contributed by atoms with van der Waals surface area (Å²) in [6.45, 7) is 6.85. The lowest BCUT2D eigenvalue weighted by molar-refractivity contribution is -0.178. The Morgan fingerprint density at radius 2 is 1.82 bits per heavy atom. The molecule has 0 unspecified atom stereocenters. The normalized spacial score (nSPS) is 35.6. The maximum absolute atomic E-state index is 11.1. The number of hydrogen-bond donors (Lipinski definition) is 1. The van der Waals surface area contributed by atoms with Crippen molar-refractivity contribution in [3.8, 4) is 0 Å². The molecule has 0 amide bonds. The number of aliphatic hydroxyl groups excluding tert-OH is 1. The van der Waals surface area contributed by atoms with Gasteiger partial charge in [0.15, 0.2) is 11.6 Å². The molecule has 1 N–H and O–H groups in total. The summed E-state index contributed by atoms with van der Waals surface area (Å²) < 4.78 is 49.4. The highest BCUT2D eigenvalue weighted by molar-refractivity contribution is 7.85. The average molecular weight is 340 g/mol. The van der Waals surface area contributed by atoms with Crippen molar-refractivity contribution in [2.45, 2.75) is 63.7 Å². The van der Waals surface area contributed by atoms with Crippen molar-refractivity contribution in [3.63, 3.8) is 0 Å². The third-order valence-electron chi connectivity index (χ3n) is 3.42. The predicted molar refractivity (Wildman–Crippen MR) is 75.5 cm³/mol. The minimum absolute atomic E-state index is 0.216. The molecule has 2 aliphatic heterocycles. The zero-order chi connectivity index (χ0) is 16.8. The zero-order valence-corrected chi connectivity index (χ0v) is 14.3. The van der Waals surface area contributed by atoms with Crippen molar-refractivity contribution in [1.29, 1.82) is 0 Å². The standard InChI is InChI=1S/C13H24O8S/c1-12(2)17-6-8(19-12)10(14)11-9(7-18-22(5,15)16)20-13(3,4)21-11/h8-11,14H,6-7H2,1-5H3/t8-,9+,10+,11+/m0/s1. The summed E-state index contributed by atoms with van der Waals surface area (Å²) in [4.78, 5) is 0. The molecule has 2 saturated heterocycles. The fraction of sp³-hybridized carbons (Fsp3) is 1.00. The molecule has 2 heterocycles. The second-order valence-corrected chi connectivity index (χ2v) is 8.13. The molecular weight excluding hydrogens is 316 g/mol. The summed E-state index contributed by atoms with van der Waals surface area (Å²) in [5.41, 5.74) is 0. The van der Waals surface area contributed by atoms with E-state index in [4.69, 9.17) is 23.1 Å². The van der Waals surface area contributed by atoms with Crippen LogP contribution in [-0.4, -0.2) is 69.0 Å². The number of aliphatic hydroxyl groups is 1. The van der Waals surface area contributed by atoms with Crippen LogP contribution in [0.4, 0.5) is 0 Å². The van der Waals surface area contributed by atoms with Crippen LogP contribution in [0, 0.1) is 0 Å². The lowest BCUT2D eigenvalue weighted by Gasteiger charge is -2.26. The monoisotopic (exact) mass is 340 g/mol. The SMILES string of the molecule is CC1(C)OC[C@@H]([C@@H](O)[C@@H]2OC(C)(C)O[C@@H]2COS(C)(=O)=O)O1. The average Bonchev–Trinajstić information content (AvgIpc) is 2.84. The first-order chi connectivity index (χ1) is 9.89. The highest BCUT2D eigenvalue weighted by Gasteiger charge is 2.50. The van der Waals surface area contributed by atoms with Crippen LogP contribution in [-0.2, 0) is 33.2 Å². The molecule has 0 aromatic heterocycles. The van der Waals surface area contributed by atoms with Crippen LogP contribution in [0.15, 0.2) is 0 Å². The number of hydrogen-bond acceptors (Lipinski definition) is 8. The van der Waals surface area contributed by atoms with Gasteiger partial charge in [0.1, 0.15) is 24.4 Å². The molecule has 0 aliphatic carbocycles. The van der Waals surface area contributed by atoms with E-state index in [-0.39, 0.29) is 13.2 Å². The number of ether oxygens (including phenoxy) is 4. The fourth-order valence-electron chi connectivity index (χ4n) is 2.57. The van der Waals surface area contributed by atoms with Gasteiger partial charge in [-0.25, -0.2) is 0 Å². The van der Waals surface area contributed by atoms with Crippen LogP contribution >= 0.6 is 0 Å². The summed E-state index contributed by atoms with van der Waals surface area (Å²) in [5, 5.41) is 10.5. The van der Waals surface area contributed by atoms with Gasteiger partial charge in [0.2, 0.25) is 0 Å². The van der Waals surface area contributed by atoms with Crippen molar-refractivity contribution >= 4 is 10.1 Å². The molecule has 22 heavy (non-hydrogen) atoms. The maximum Gasteiger partial charge on any atom is 0.264 e. The topological polar surface area (TPSA) is 101 Å². The molecule has 8 nitrogen and oxygen atoms in total. The molecule has 0 radical (unpaired) electrons. The minimum atomic E-state index is -3.61. The Kier molecular flexibility index (Phi) is 4.90. The lowest BCUT2D eigenvalue weighted by atomic mass is 10.0. The van der Waals surface area contributed by atoms with Crippen molar-refractivity contribution in [1.82, 2.24) is 0 Å². The van der Waals surface area contributed by atoms with Crippen LogP contribution in [0.1, 0.15) is 27.7 Å². The van der Waals surface area contributed by atoms with Crippen molar-refractivity contribution in [3.05, 3.63) is 0 Å². The van der Waals surface area contributed by atoms with E-state index in [0.29, 0.717) is 0 Å². The molecule has 2 fully saturated rings. The second-order valence-electron chi connectivity index (χ2n) is 6.48. The summed E-state index contributed by atoms with van der Waals surface area (Å²) in [6, 6.07) is 0. The molecule has 0 spiro atoms. The van der Waals surface area contributed by atoms with Crippen molar-refractivity contribution in [2.24, 2.45) is 0 Å². The summed E-state index contributed by atoms with van der Waals surface area (Å²) in [7, 11) is -3.61. The lowest BCUT2D eigenvalue weighted by Crippen LogP contribution is -2.46. The van der Waals surface area contributed by atoms with E-state index in [1.54, 1.807) is 27.7 Å². The fourth-order valence-corrected chi connectivity index (χ4v) is 2.95. The van der Waals surface area contributed by atoms with Gasteiger partial charge in [0.05, 0.1) is 19.5 Å². The Labute approximate surface area is 130 Å². The van der Waals surface area contributed by atoms with Crippen LogP contribution in [0.5, 0.6) is 0 Å². The van der Waals surface area contributed by atoms with E-state index in [9.17, 15) is 13.5 Å². The van der Waals surface area contributed by atoms with Crippen LogP contribution in [0.3, 0.4) is 0 Å². The smallest absolute Gasteiger partial charge is 0.264 e. The second kappa shape index (κ2) is 5.97. The Hall–Kier alpha value is -0.290. The third-order valence-corrected chi connectivity index (χ3v) is 3.98. The first kappa shape index (κ1) is 18.1. The quantitative estimate of drug-likeness (QED) is 0.698. The molecule has 0 aromatic carbocycles. The van der Waals surface area contributed by atoms with Crippen molar-refractivity contribution < 1.29 is 36.7 Å². The Balaban J connectivity index is 2.05. The van der Waals surface area contributed by atoms with E-state index in [1.807, 2.05) is 0 Å². The molecule has 0 bridgehead atoms. The van der Waals surface area contributed by atoms with E-state index < -0.39 is 46.1 Å². The molecule has 130 valence electrons. The Morgan fingerprint density at radius 1 is 1.18 bits per heavy atom. The van der Waals surface area contributed by atoms with Gasteiger partial charge >= 0.3 is 0 Å². The van der Waals surface area contributed by atoms with Crippen molar-refractivity contribution in [2.75, 3.05) is 19.5 Å². The Bertz CT molecular complexity index is 500. The molecule has 0 aromatic rings. The van der Waals surface area contributed by atoms with Gasteiger partial charge in [-0.2, -0.15) is 8.42 Å². The molecule has 2 aliphatic rings. The first-order valence-electron chi connectivity index (χ1n) is 7.08. The first-order valence-corrected chi connectivity index (χ1v) is 8.90. The third kappa shape index (κ3) is 4.60. The van der Waals surface area contributed by atoms with Gasteiger partial charge in [0, 0.05) is 0 Å².